The highest BCUT2D eigenvalue weighted by molar-refractivity contribution is 6.09. The number of hydrogen-bond donors (Lipinski definition) is 0. The quantitative estimate of drug-likeness (QED) is 0.799. The van der Waals surface area contributed by atoms with E-state index >= 15 is 0 Å². The number of aliphatic imine (C=N–C) groups is 1. The number of ether oxygens (including phenoxy) is 2. The molecule has 1 spiro atoms. The minimum atomic E-state index is -1.24. The van der Waals surface area contributed by atoms with Gasteiger partial charge in [0.1, 0.15) is 11.9 Å². The molecule has 2 aliphatic rings. The van der Waals surface area contributed by atoms with E-state index in [1.807, 2.05) is 60.7 Å². The lowest BCUT2D eigenvalue weighted by Gasteiger charge is -2.40. The summed E-state index contributed by atoms with van der Waals surface area (Å²) in [6.45, 7) is 0. The molecular formula is C21H19NO4. The van der Waals surface area contributed by atoms with Crippen LogP contribution in [0.1, 0.15) is 29.9 Å². The summed E-state index contributed by atoms with van der Waals surface area (Å²) in [5.41, 5.74) is 0.378. The summed E-state index contributed by atoms with van der Waals surface area (Å²) in [7, 11) is 1.51. The van der Waals surface area contributed by atoms with Gasteiger partial charge in [-0.1, -0.05) is 48.5 Å². The van der Waals surface area contributed by atoms with Gasteiger partial charge in [-0.2, -0.15) is 0 Å². The van der Waals surface area contributed by atoms with Gasteiger partial charge in [0, 0.05) is 31.4 Å². The Morgan fingerprint density at radius 3 is 2.31 bits per heavy atom. The molecule has 0 unspecified atom stereocenters. The van der Waals surface area contributed by atoms with E-state index in [2.05, 4.69) is 0 Å². The van der Waals surface area contributed by atoms with Crippen molar-refractivity contribution in [2.24, 2.45) is 4.99 Å². The summed E-state index contributed by atoms with van der Waals surface area (Å²) in [5.74, 6) is -0.520. The van der Waals surface area contributed by atoms with E-state index in [1.54, 1.807) is 0 Å². The Labute approximate surface area is 151 Å². The van der Waals surface area contributed by atoms with Crippen LogP contribution in [0, 0.1) is 0 Å². The Morgan fingerprint density at radius 2 is 1.65 bits per heavy atom. The predicted octanol–water partition coefficient (Wildman–Crippen LogP) is 2.89. The van der Waals surface area contributed by atoms with Gasteiger partial charge in [-0.15, -0.1) is 0 Å². The van der Waals surface area contributed by atoms with Crippen molar-refractivity contribution in [2.45, 2.75) is 30.4 Å². The molecule has 0 radical (unpaired) electrons. The first kappa shape index (κ1) is 16.7. The average Bonchev–Trinajstić information content (AvgIpc) is 3.02. The van der Waals surface area contributed by atoms with Crippen LogP contribution in [0.3, 0.4) is 0 Å². The number of carbonyl (C=O) groups excluding carboxylic acids is 2. The zero-order valence-electron chi connectivity index (χ0n) is 14.4. The Morgan fingerprint density at radius 1 is 1.00 bits per heavy atom. The summed E-state index contributed by atoms with van der Waals surface area (Å²) in [6.07, 6.45) is -0.256. The molecule has 1 fully saturated rings. The smallest absolute Gasteiger partial charge is 0.344 e. The summed E-state index contributed by atoms with van der Waals surface area (Å²) >= 11 is 0. The topological polar surface area (TPSA) is 65.0 Å². The fourth-order valence-electron chi connectivity index (χ4n) is 3.91. The minimum absolute atomic E-state index is 0.0625. The van der Waals surface area contributed by atoms with Crippen molar-refractivity contribution in [1.29, 1.82) is 0 Å². The van der Waals surface area contributed by atoms with Gasteiger partial charge in [-0.05, 0) is 17.7 Å². The van der Waals surface area contributed by atoms with E-state index < -0.39 is 23.5 Å². The third-order valence-corrected chi connectivity index (χ3v) is 5.18. The number of benzene rings is 2. The maximum absolute atomic E-state index is 13.1. The lowest BCUT2D eigenvalue weighted by Crippen LogP contribution is -2.55. The number of carbonyl (C=O) groups is 2. The minimum Gasteiger partial charge on any atom is -0.405 e. The molecular weight excluding hydrogens is 330 g/mol. The van der Waals surface area contributed by atoms with Crippen molar-refractivity contribution in [1.82, 2.24) is 0 Å². The first-order valence-electron chi connectivity index (χ1n) is 8.62. The van der Waals surface area contributed by atoms with Crippen LogP contribution in [0.15, 0.2) is 65.7 Å². The molecule has 5 nitrogen and oxygen atoms in total. The molecule has 1 aliphatic carbocycles. The third kappa shape index (κ3) is 2.56. The van der Waals surface area contributed by atoms with E-state index in [-0.39, 0.29) is 24.5 Å². The lowest BCUT2D eigenvalue weighted by molar-refractivity contribution is -0.149. The van der Waals surface area contributed by atoms with Gasteiger partial charge in [0.25, 0.3) is 0 Å². The second-order valence-corrected chi connectivity index (χ2v) is 6.63. The van der Waals surface area contributed by atoms with Crippen molar-refractivity contribution in [3.8, 4) is 0 Å². The van der Waals surface area contributed by atoms with Crippen LogP contribution in [-0.2, 0) is 19.1 Å². The van der Waals surface area contributed by atoms with Crippen molar-refractivity contribution in [3.63, 3.8) is 0 Å². The number of methoxy groups -OCH3 is 1. The van der Waals surface area contributed by atoms with E-state index in [0.717, 1.165) is 11.1 Å². The summed E-state index contributed by atoms with van der Waals surface area (Å²) < 4.78 is 11.2. The van der Waals surface area contributed by atoms with E-state index in [9.17, 15) is 9.59 Å². The molecule has 4 rings (SSSR count). The number of hydrogen-bond acceptors (Lipinski definition) is 5. The highest BCUT2D eigenvalue weighted by Gasteiger charge is 2.61. The van der Waals surface area contributed by atoms with Gasteiger partial charge >= 0.3 is 5.97 Å². The van der Waals surface area contributed by atoms with Gasteiger partial charge in [-0.3, -0.25) is 4.79 Å². The lowest BCUT2D eigenvalue weighted by atomic mass is 9.68. The van der Waals surface area contributed by atoms with Gasteiger partial charge in [0.2, 0.25) is 5.90 Å². The summed E-state index contributed by atoms with van der Waals surface area (Å²) in [6, 6.07) is 18.8. The van der Waals surface area contributed by atoms with E-state index in [1.165, 1.54) is 7.11 Å². The van der Waals surface area contributed by atoms with Crippen LogP contribution in [0.5, 0.6) is 0 Å². The van der Waals surface area contributed by atoms with Crippen molar-refractivity contribution >= 4 is 17.7 Å². The first-order valence-corrected chi connectivity index (χ1v) is 8.62. The summed E-state index contributed by atoms with van der Waals surface area (Å²) in [4.78, 5) is 30.1. The van der Waals surface area contributed by atoms with Crippen LogP contribution in [0.2, 0.25) is 0 Å². The Kier molecular flexibility index (Phi) is 4.17. The highest BCUT2D eigenvalue weighted by atomic mass is 16.6. The van der Waals surface area contributed by atoms with Crippen LogP contribution < -0.4 is 0 Å². The van der Waals surface area contributed by atoms with E-state index in [4.69, 9.17) is 14.5 Å². The van der Waals surface area contributed by atoms with Crippen molar-refractivity contribution in [2.75, 3.05) is 7.11 Å². The molecule has 0 aromatic heterocycles. The van der Waals surface area contributed by atoms with Crippen molar-refractivity contribution < 1.29 is 19.1 Å². The zero-order chi connectivity index (χ0) is 18.1. The Hall–Kier alpha value is -2.79. The SMILES string of the molecule is CO[C@@H]1CC(=O)C[C@H](c2ccccc2)[C@]12N=C(c1ccccc1)OC2=O. The van der Waals surface area contributed by atoms with Crippen LogP contribution >= 0.6 is 0 Å². The highest BCUT2D eigenvalue weighted by Crippen LogP contribution is 2.47. The predicted molar refractivity (Wildman–Crippen MR) is 96.0 cm³/mol. The van der Waals surface area contributed by atoms with Crippen LogP contribution in [-0.4, -0.2) is 36.4 Å². The van der Waals surface area contributed by atoms with E-state index in [0.29, 0.717) is 0 Å². The molecule has 0 bridgehead atoms. The number of ketones is 1. The summed E-state index contributed by atoms with van der Waals surface area (Å²) in [5, 5.41) is 0. The third-order valence-electron chi connectivity index (χ3n) is 5.18. The normalized spacial score (nSPS) is 28.1. The number of nitrogens with zero attached hydrogens (tertiary/aromatic N) is 1. The Balaban J connectivity index is 1.86. The fourth-order valence-corrected chi connectivity index (χ4v) is 3.91. The molecule has 26 heavy (non-hydrogen) atoms. The number of esters is 1. The van der Waals surface area contributed by atoms with Gasteiger partial charge in [0.15, 0.2) is 5.54 Å². The van der Waals surface area contributed by atoms with Crippen LogP contribution in [0.4, 0.5) is 0 Å². The number of cyclic esters (lactones) is 1. The van der Waals surface area contributed by atoms with Gasteiger partial charge in [-0.25, -0.2) is 9.79 Å². The molecule has 5 heteroatoms. The monoisotopic (exact) mass is 349 g/mol. The second-order valence-electron chi connectivity index (χ2n) is 6.63. The number of Topliss-reactive ketones (excluding diaryl/α,β-unsaturated/α-hetero) is 1. The second kappa shape index (κ2) is 6.50. The largest absolute Gasteiger partial charge is 0.405 e. The molecule has 0 N–H and O–H groups in total. The van der Waals surface area contributed by atoms with Gasteiger partial charge in [0.05, 0.1) is 0 Å². The maximum atomic E-state index is 13.1. The first-order chi connectivity index (χ1) is 12.6. The van der Waals surface area contributed by atoms with Crippen molar-refractivity contribution in [3.05, 3.63) is 71.8 Å². The Bertz CT molecular complexity index is 862. The molecule has 1 aliphatic heterocycles. The molecule has 2 aromatic rings. The molecule has 132 valence electrons. The molecule has 0 amide bonds. The standard InChI is InChI=1S/C21H19NO4/c1-25-18-13-16(23)12-17(14-8-4-2-5-9-14)21(18)20(24)26-19(22-21)15-10-6-3-7-11-15/h2-11,17-18H,12-13H2,1H3/t17-,18-,21+/m1/s1. The molecule has 3 atom stereocenters. The molecule has 2 aromatic carbocycles. The number of rotatable bonds is 3. The van der Waals surface area contributed by atoms with Gasteiger partial charge < -0.3 is 9.47 Å². The molecule has 1 heterocycles. The maximum Gasteiger partial charge on any atom is 0.344 e. The average molecular weight is 349 g/mol. The fraction of sp³-hybridized carbons (Fsp3) is 0.286. The zero-order valence-corrected chi connectivity index (χ0v) is 14.4. The molecule has 1 saturated carbocycles. The molecule has 0 saturated heterocycles. The van der Waals surface area contributed by atoms with Crippen LogP contribution in [0.25, 0.3) is 0 Å².